The summed E-state index contributed by atoms with van der Waals surface area (Å²) in [4.78, 5) is 0. The molecule has 3 heteroatoms. The second-order valence-electron chi connectivity index (χ2n) is 8.93. The van der Waals surface area contributed by atoms with Crippen LogP contribution in [0.3, 0.4) is 0 Å². The van der Waals surface area contributed by atoms with Crippen LogP contribution < -0.4 is 10.9 Å². The molecule has 0 atom stereocenters. The molecule has 0 bridgehead atoms. The van der Waals surface area contributed by atoms with Gasteiger partial charge in [0.25, 0.3) is 0 Å². The van der Waals surface area contributed by atoms with Crippen LogP contribution in [-0.4, -0.2) is 13.8 Å². The number of benzene rings is 2. The maximum atomic E-state index is 8.42. The molecule has 1 heterocycles. The highest BCUT2D eigenvalue weighted by molar-refractivity contribution is 7.01. The molecule has 0 radical (unpaired) electrons. The van der Waals surface area contributed by atoms with Crippen molar-refractivity contribution in [2.45, 2.75) is 45.7 Å². The van der Waals surface area contributed by atoms with E-state index in [4.69, 9.17) is 11.1 Å². The molecule has 1 aliphatic heterocycles. The van der Waals surface area contributed by atoms with Crippen LogP contribution in [0.2, 0.25) is 11.1 Å². The second kappa shape index (κ2) is 6.99. The Morgan fingerprint density at radius 3 is 2.24 bits per heavy atom. The van der Waals surface area contributed by atoms with E-state index in [-0.39, 0.29) is 0 Å². The summed E-state index contributed by atoms with van der Waals surface area (Å²) in [6.45, 7) is 11.6. The number of nitrogen functional groups attached to an aromatic ring is 1. The first-order valence-electron chi connectivity index (χ1n) is 10.5. The zero-order valence-corrected chi connectivity index (χ0v) is 19.0. The Bertz CT molecular complexity index is 1090. The summed E-state index contributed by atoms with van der Waals surface area (Å²) < 4.78 is 0. The summed E-state index contributed by atoms with van der Waals surface area (Å²) in [5, 5.41) is 11.2. The number of allylic oxidation sites excluding steroid dienone is 5. The van der Waals surface area contributed by atoms with Crippen LogP contribution in [0.1, 0.15) is 44.4 Å². The van der Waals surface area contributed by atoms with Gasteiger partial charge in [-0.3, -0.25) is 0 Å². The lowest BCUT2D eigenvalue weighted by Crippen LogP contribution is -2.59. The first-order valence-corrected chi connectivity index (χ1v) is 12.6. The number of aryl methyl sites for hydroxylation is 1. The largest absolute Gasteiger partial charge is 0.399 e. The predicted octanol–water partition coefficient (Wildman–Crippen LogP) is 5.92. The van der Waals surface area contributed by atoms with Gasteiger partial charge in [0.05, 0.1) is 5.71 Å². The van der Waals surface area contributed by atoms with Crippen LogP contribution in [-0.2, 0) is 0 Å². The van der Waals surface area contributed by atoms with E-state index in [1.54, 1.807) is 0 Å². The molecule has 148 valence electrons. The van der Waals surface area contributed by atoms with E-state index in [1.807, 2.05) is 12.1 Å². The Morgan fingerprint density at radius 1 is 0.897 bits per heavy atom. The second-order valence-corrected chi connectivity index (χ2v) is 14.1. The van der Waals surface area contributed by atoms with Gasteiger partial charge in [0.2, 0.25) is 0 Å². The number of nitrogens with two attached hydrogens (primary N) is 1. The van der Waals surface area contributed by atoms with Crippen molar-refractivity contribution < 1.29 is 0 Å². The normalized spacial score (nSPS) is 17.5. The van der Waals surface area contributed by atoms with E-state index in [1.165, 1.54) is 38.2 Å². The van der Waals surface area contributed by atoms with Gasteiger partial charge in [-0.05, 0) is 80.5 Å². The smallest absolute Gasteiger partial charge is 0.124 e. The molecule has 0 fully saturated rings. The van der Waals surface area contributed by atoms with Crippen molar-refractivity contribution in [2.75, 3.05) is 5.73 Å². The minimum absolute atomic E-state index is 0.502. The number of rotatable bonds is 3. The molecule has 1 aliphatic carbocycles. The van der Waals surface area contributed by atoms with E-state index in [0.29, 0.717) is 16.8 Å². The molecule has 2 aromatic carbocycles. The Balaban J connectivity index is 2.20. The molecule has 0 saturated heterocycles. The van der Waals surface area contributed by atoms with E-state index < -0.39 is 8.07 Å². The summed E-state index contributed by atoms with van der Waals surface area (Å²) in [6, 6.07) is 15.1. The lowest BCUT2D eigenvalue weighted by molar-refractivity contribution is 0.917. The van der Waals surface area contributed by atoms with Gasteiger partial charge in [0.15, 0.2) is 0 Å². The monoisotopic (exact) mass is 398 g/mol. The third kappa shape index (κ3) is 2.79. The zero-order valence-electron chi connectivity index (χ0n) is 18.0. The van der Waals surface area contributed by atoms with Gasteiger partial charge in [-0.15, -0.1) is 0 Å². The van der Waals surface area contributed by atoms with Crippen LogP contribution in [0.4, 0.5) is 5.69 Å². The number of anilines is 1. The molecule has 2 nitrogen and oxygen atoms in total. The average molecular weight is 399 g/mol. The zero-order chi connectivity index (χ0) is 20.9. The maximum absolute atomic E-state index is 8.42. The fourth-order valence-electron chi connectivity index (χ4n) is 5.57. The van der Waals surface area contributed by atoms with Crippen LogP contribution in [0.15, 0.2) is 71.5 Å². The van der Waals surface area contributed by atoms with Crippen LogP contribution in [0.25, 0.3) is 5.57 Å². The van der Waals surface area contributed by atoms with Gasteiger partial charge >= 0.3 is 0 Å². The standard InChI is InChI=1S/C26H30N2Si/c1-16(2)29(17(3)4)24-14-19(27)10-12-22(24)26(21-9-7-6-8-18(21)5)23-13-11-20(28)15-25(23)29/h6-17,27H,28H2,1-5H3. The van der Waals surface area contributed by atoms with E-state index in [0.717, 1.165) is 5.69 Å². The molecular formula is C26H30N2Si. The van der Waals surface area contributed by atoms with Gasteiger partial charge in [-0.1, -0.05) is 64.1 Å². The Kier molecular flexibility index (Phi) is 4.74. The number of nitrogens with one attached hydrogen (secondary N) is 1. The highest BCUT2D eigenvalue weighted by Crippen LogP contribution is 2.49. The minimum Gasteiger partial charge on any atom is -0.399 e. The summed E-state index contributed by atoms with van der Waals surface area (Å²) in [6.07, 6.45) is 6.27. The first kappa shape index (κ1) is 19.7. The molecule has 3 N–H and O–H groups in total. The van der Waals surface area contributed by atoms with Gasteiger partial charge in [0, 0.05) is 5.69 Å². The van der Waals surface area contributed by atoms with Crippen molar-refractivity contribution in [3.8, 4) is 0 Å². The Hall–Kier alpha value is -2.65. The number of fused-ring (bicyclic) bond motifs is 2. The molecule has 0 amide bonds. The van der Waals surface area contributed by atoms with Gasteiger partial charge in [-0.2, -0.15) is 0 Å². The summed E-state index contributed by atoms with van der Waals surface area (Å²) in [5.41, 5.74) is 15.2. The highest BCUT2D eigenvalue weighted by Gasteiger charge is 2.50. The summed E-state index contributed by atoms with van der Waals surface area (Å²) in [7, 11) is -2.15. The molecule has 2 aromatic rings. The fourth-order valence-corrected chi connectivity index (χ4v) is 11.8. The van der Waals surface area contributed by atoms with Crippen LogP contribution >= 0.6 is 0 Å². The molecule has 4 rings (SSSR count). The number of hydrogen-bond acceptors (Lipinski definition) is 2. The highest BCUT2D eigenvalue weighted by atomic mass is 28.3. The van der Waals surface area contributed by atoms with Gasteiger partial charge < -0.3 is 11.1 Å². The van der Waals surface area contributed by atoms with Crippen molar-refractivity contribution >= 4 is 30.2 Å². The molecule has 0 spiro atoms. The third-order valence-electron chi connectivity index (χ3n) is 6.73. The molecule has 0 aromatic heterocycles. The Morgan fingerprint density at radius 2 is 1.59 bits per heavy atom. The van der Waals surface area contributed by atoms with Crippen LogP contribution in [0, 0.1) is 12.3 Å². The lowest BCUT2D eigenvalue weighted by atomic mass is 9.87. The van der Waals surface area contributed by atoms with Crippen molar-refractivity contribution in [1.29, 1.82) is 5.41 Å². The molecular weight excluding hydrogens is 368 g/mol. The lowest BCUT2D eigenvalue weighted by Gasteiger charge is -2.48. The molecule has 0 unspecified atom stereocenters. The third-order valence-corrected chi connectivity index (χ3v) is 13.0. The Labute approximate surface area is 175 Å². The topological polar surface area (TPSA) is 49.9 Å². The summed E-state index contributed by atoms with van der Waals surface area (Å²) >= 11 is 0. The predicted molar refractivity (Wildman–Crippen MR) is 129 cm³/mol. The van der Waals surface area contributed by atoms with E-state index in [9.17, 15) is 0 Å². The molecule has 0 saturated carbocycles. The van der Waals surface area contributed by atoms with Crippen molar-refractivity contribution in [2.24, 2.45) is 0 Å². The quantitative estimate of drug-likeness (QED) is 0.489. The molecule has 29 heavy (non-hydrogen) atoms. The minimum atomic E-state index is -2.15. The molecule has 2 aliphatic rings. The SMILES string of the molecule is Cc1ccccc1C1=C2C=CC(=N)C=C2[Si](C(C)C)(C(C)C)c2cc(N)ccc21. The number of hydrogen-bond donors (Lipinski definition) is 2. The maximum Gasteiger partial charge on any atom is 0.124 e. The average Bonchev–Trinajstić information content (AvgIpc) is 2.66. The van der Waals surface area contributed by atoms with Crippen molar-refractivity contribution in [1.82, 2.24) is 0 Å². The fraction of sp³-hybridized carbons (Fsp3) is 0.269. The first-order chi connectivity index (χ1) is 13.8. The van der Waals surface area contributed by atoms with E-state index in [2.05, 4.69) is 83.2 Å². The van der Waals surface area contributed by atoms with Gasteiger partial charge in [0.1, 0.15) is 8.07 Å². The summed E-state index contributed by atoms with van der Waals surface area (Å²) in [5.74, 6) is 0. The van der Waals surface area contributed by atoms with Crippen LogP contribution in [0.5, 0.6) is 0 Å². The van der Waals surface area contributed by atoms with Crippen molar-refractivity contribution in [3.05, 3.63) is 88.2 Å². The van der Waals surface area contributed by atoms with Crippen molar-refractivity contribution in [3.63, 3.8) is 0 Å². The van der Waals surface area contributed by atoms with E-state index >= 15 is 0 Å². The van der Waals surface area contributed by atoms with Gasteiger partial charge in [-0.25, -0.2) is 0 Å².